The van der Waals surface area contributed by atoms with E-state index < -0.39 is 8.07 Å². The molecule has 0 aromatic heterocycles. The minimum absolute atomic E-state index is 0.488. The molecule has 1 rings (SSSR count). The fourth-order valence-electron chi connectivity index (χ4n) is 1.08. The Morgan fingerprint density at radius 2 is 1.80 bits per heavy atom. The standard InChI is InChI=1S/C13H16OSi/c1-15(2,3)11-9-13-6-4-12(5-7-13)8-10-14/h4-7,10H,8H2,1-3H3. The summed E-state index contributed by atoms with van der Waals surface area (Å²) in [7, 11) is -1.29. The molecule has 0 amide bonds. The molecule has 78 valence electrons. The van der Waals surface area contributed by atoms with E-state index in [-0.39, 0.29) is 0 Å². The Morgan fingerprint density at radius 3 is 2.27 bits per heavy atom. The Kier molecular flexibility index (Phi) is 3.87. The Balaban J connectivity index is 2.79. The van der Waals surface area contributed by atoms with Crippen molar-refractivity contribution in [1.29, 1.82) is 0 Å². The van der Waals surface area contributed by atoms with E-state index in [0.29, 0.717) is 6.42 Å². The summed E-state index contributed by atoms with van der Waals surface area (Å²) in [6.45, 7) is 6.67. The molecule has 0 heterocycles. The van der Waals surface area contributed by atoms with E-state index in [9.17, 15) is 4.79 Å². The van der Waals surface area contributed by atoms with E-state index in [0.717, 1.165) is 17.4 Å². The lowest BCUT2D eigenvalue weighted by molar-refractivity contribution is -0.107. The minimum Gasteiger partial charge on any atom is -0.303 e. The SMILES string of the molecule is C[Si](C)(C)C#Cc1ccc(CC=O)cc1. The molecule has 1 aromatic rings. The molecule has 0 unspecified atom stereocenters. The zero-order valence-corrected chi connectivity index (χ0v) is 10.5. The number of hydrogen-bond donors (Lipinski definition) is 0. The normalized spacial score (nSPS) is 10.3. The molecular weight excluding hydrogens is 200 g/mol. The van der Waals surface area contributed by atoms with Crippen LogP contribution in [0.5, 0.6) is 0 Å². The average Bonchev–Trinajstić information content (AvgIpc) is 2.16. The molecule has 1 nitrogen and oxygen atoms in total. The van der Waals surface area contributed by atoms with Gasteiger partial charge in [-0.15, -0.1) is 5.54 Å². The van der Waals surface area contributed by atoms with Crippen molar-refractivity contribution in [3.05, 3.63) is 35.4 Å². The van der Waals surface area contributed by atoms with Gasteiger partial charge in [0.1, 0.15) is 14.4 Å². The van der Waals surface area contributed by atoms with Crippen LogP contribution in [0.2, 0.25) is 19.6 Å². The molecule has 0 aliphatic carbocycles. The van der Waals surface area contributed by atoms with Crippen molar-refractivity contribution in [3.8, 4) is 11.5 Å². The highest BCUT2D eigenvalue weighted by Crippen LogP contribution is 2.04. The molecule has 0 fully saturated rings. The highest BCUT2D eigenvalue weighted by molar-refractivity contribution is 6.83. The van der Waals surface area contributed by atoms with Crippen molar-refractivity contribution < 1.29 is 4.79 Å². The smallest absolute Gasteiger partial charge is 0.129 e. The number of benzene rings is 1. The van der Waals surface area contributed by atoms with E-state index in [1.165, 1.54) is 0 Å². The molecule has 0 radical (unpaired) electrons. The number of rotatable bonds is 2. The highest BCUT2D eigenvalue weighted by atomic mass is 28.3. The van der Waals surface area contributed by atoms with Gasteiger partial charge in [0.25, 0.3) is 0 Å². The predicted molar refractivity (Wildman–Crippen MR) is 66.4 cm³/mol. The van der Waals surface area contributed by atoms with Gasteiger partial charge in [-0.05, 0) is 17.7 Å². The second kappa shape index (κ2) is 4.95. The first kappa shape index (κ1) is 11.7. The largest absolute Gasteiger partial charge is 0.303 e. The van der Waals surface area contributed by atoms with Crippen LogP contribution in [0.1, 0.15) is 11.1 Å². The van der Waals surface area contributed by atoms with Gasteiger partial charge >= 0.3 is 0 Å². The Hall–Kier alpha value is -1.33. The van der Waals surface area contributed by atoms with Gasteiger partial charge in [-0.3, -0.25) is 0 Å². The van der Waals surface area contributed by atoms with Crippen molar-refractivity contribution >= 4 is 14.4 Å². The van der Waals surface area contributed by atoms with Gasteiger partial charge in [0.2, 0.25) is 0 Å². The summed E-state index contributed by atoms with van der Waals surface area (Å²) in [5.41, 5.74) is 5.39. The summed E-state index contributed by atoms with van der Waals surface area (Å²) in [6, 6.07) is 7.88. The van der Waals surface area contributed by atoms with Crippen molar-refractivity contribution in [2.75, 3.05) is 0 Å². The van der Waals surface area contributed by atoms with E-state index in [1.54, 1.807) is 0 Å². The maximum atomic E-state index is 10.3. The molecule has 0 bridgehead atoms. The van der Waals surface area contributed by atoms with Crippen molar-refractivity contribution in [2.24, 2.45) is 0 Å². The molecule has 0 saturated carbocycles. The number of carbonyl (C=O) groups is 1. The van der Waals surface area contributed by atoms with Gasteiger partial charge in [-0.1, -0.05) is 37.7 Å². The topological polar surface area (TPSA) is 17.1 Å². The van der Waals surface area contributed by atoms with E-state index in [4.69, 9.17) is 0 Å². The summed E-state index contributed by atoms with van der Waals surface area (Å²) >= 11 is 0. The highest BCUT2D eigenvalue weighted by Gasteiger charge is 2.07. The van der Waals surface area contributed by atoms with Crippen molar-refractivity contribution in [3.63, 3.8) is 0 Å². The molecule has 15 heavy (non-hydrogen) atoms. The van der Waals surface area contributed by atoms with Crippen LogP contribution in [0.3, 0.4) is 0 Å². The van der Waals surface area contributed by atoms with Crippen LogP contribution < -0.4 is 0 Å². The maximum Gasteiger partial charge on any atom is 0.129 e. The first-order chi connectivity index (χ1) is 7.01. The molecule has 0 aliphatic heterocycles. The second-order valence-corrected chi connectivity index (χ2v) is 9.32. The molecule has 0 atom stereocenters. The van der Waals surface area contributed by atoms with E-state index >= 15 is 0 Å². The zero-order chi connectivity index (χ0) is 11.3. The lowest BCUT2D eigenvalue weighted by Gasteiger charge is -2.03. The van der Waals surface area contributed by atoms with Gasteiger partial charge < -0.3 is 4.79 Å². The fourth-order valence-corrected chi connectivity index (χ4v) is 1.60. The monoisotopic (exact) mass is 216 g/mol. The third kappa shape index (κ3) is 4.62. The molecular formula is C13H16OSi. The number of hydrogen-bond acceptors (Lipinski definition) is 1. The molecule has 0 aliphatic rings. The quantitative estimate of drug-likeness (QED) is 0.422. The zero-order valence-electron chi connectivity index (χ0n) is 9.50. The van der Waals surface area contributed by atoms with E-state index in [1.807, 2.05) is 24.3 Å². The number of carbonyl (C=O) groups excluding carboxylic acids is 1. The fraction of sp³-hybridized carbons (Fsp3) is 0.308. The van der Waals surface area contributed by atoms with Crippen LogP contribution in [-0.2, 0) is 11.2 Å². The molecule has 0 saturated heterocycles. The van der Waals surface area contributed by atoms with Crippen molar-refractivity contribution in [2.45, 2.75) is 26.1 Å². The van der Waals surface area contributed by atoms with Crippen LogP contribution in [0.15, 0.2) is 24.3 Å². The lowest BCUT2D eigenvalue weighted by Crippen LogP contribution is -2.16. The van der Waals surface area contributed by atoms with Crippen LogP contribution in [0.25, 0.3) is 0 Å². The Labute approximate surface area is 92.5 Å². The molecule has 0 N–H and O–H groups in total. The van der Waals surface area contributed by atoms with Crippen LogP contribution in [0.4, 0.5) is 0 Å². The summed E-state index contributed by atoms with van der Waals surface area (Å²) in [5.74, 6) is 3.18. The minimum atomic E-state index is -1.29. The third-order valence-corrected chi connectivity index (χ3v) is 2.73. The van der Waals surface area contributed by atoms with Gasteiger partial charge in [-0.2, -0.15) is 0 Å². The summed E-state index contributed by atoms with van der Waals surface area (Å²) in [4.78, 5) is 10.3. The van der Waals surface area contributed by atoms with Gasteiger partial charge in [0.05, 0.1) is 0 Å². The summed E-state index contributed by atoms with van der Waals surface area (Å²) < 4.78 is 0. The van der Waals surface area contributed by atoms with Gasteiger partial charge in [0, 0.05) is 12.0 Å². The van der Waals surface area contributed by atoms with Crippen LogP contribution in [-0.4, -0.2) is 14.4 Å². The summed E-state index contributed by atoms with van der Waals surface area (Å²) in [5, 5.41) is 0. The van der Waals surface area contributed by atoms with E-state index in [2.05, 4.69) is 31.1 Å². The Bertz CT molecular complexity index is 387. The molecule has 1 aromatic carbocycles. The lowest BCUT2D eigenvalue weighted by atomic mass is 10.1. The molecule has 0 spiro atoms. The third-order valence-electron chi connectivity index (χ3n) is 1.85. The van der Waals surface area contributed by atoms with Crippen molar-refractivity contribution in [1.82, 2.24) is 0 Å². The second-order valence-electron chi connectivity index (χ2n) is 4.57. The van der Waals surface area contributed by atoms with Gasteiger partial charge in [-0.25, -0.2) is 0 Å². The molecule has 2 heteroatoms. The number of aldehydes is 1. The average molecular weight is 216 g/mol. The Morgan fingerprint density at radius 1 is 1.20 bits per heavy atom. The maximum absolute atomic E-state index is 10.3. The first-order valence-corrected chi connectivity index (χ1v) is 8.57. The van der Waals surface area contributed by atoms with Crippen LogP contribution >= 0.6 is 0 Å². The first-order valence-electron chi connectivity index (χ1n) is 5.07. The van der Waals surface area contributed by atoms with Crippen LogP contribution in [0, 0.1) is 11.5 Å². The van der Waals surface area contributed by atoms with Gasteiger partial charge in [0.15, 0.2) is 0 Å². The predicted octanol–water partition coefficient (Wildman–Crippen LogP) is 2.66. The summed E-state index contributed by atoms with van der Waals surface area (Å²) in [6.07, 6.45) is 1.41.